The first kappa shape index (κ1) is 14.9. The van der Waals surface area contributed by atoms with E-state index in [-0.39, 0.29) is 12.7 Å². The van der Waals surface area contributed by atoms with Gasteiger partial charge in [0, 0.05) is 24.7 Å². The molecule has 3 rings (SSSR count). The molecule has 6 nitrogen and oxygen atoms in total. The van der Waals surface area contributed by atoms with Crippen molar-refractivity contribution < 1.29 is 19.1 Å². The first-order valence-corrected chi connectivity index (χ1v) is 7.08. The van der Waals surface area contributed by atoms with Crippen LogP contribution in [0.3, 0.4) is 0 Å². The fraction of sp³-hybridized carbons (Fsp3) is 0.176. The number of fused-ring (bicyclic) bond motifs is 1. The molecule has 0 radical (unpaired) electrons. The van der Waals surface area contributed by atoms with Crippen LogP contribution in [0.2, 0.25) is 0 Å². The fourth-order valence-electron chi connectivity index (χ4n) is 2.41. The van der Waals surface area contributed by atoms with Crippen molar-refractivity contribution in [3.63, 3.8) is 0 Å². The van der Waals surface area contributed by atoms with Gasteiger partial charge in [0.15, 0.2) is 11.5 Å². The lowest BCUT2D eigenvalue weighted by Crippen LogP contribution is -2.26. The summed E-state index contributed by atoms with van der Waals surface area (Å²) < 4.78 is 10.6. The van der Waals surface area contributed by atoms with Gasteiger partial charge in [0.2, 0.25) is 12.7 Å². The maximum atomic E-state index is 12.5. The second kappa shape index (κ2) is 6.00. The van der Waals surface area contributed by atoms with Gasteiger partial charge in [-0.15, -0.1) is 0 Å². The molecule has 2 aromatic carbocycles. The average Bonchev–Trinajstić information content (AvgIpc) is 3.01. The third kappa shape index (κ3) is 3.11. The first-order chi connectivity index (χ1) is 11.0. The highest BCUT2D eigenvalue weighted by Gasteiger charge is 2.17. The Kier molecular flexibility index (Phi) is 3.89. The summed E-state index contributed by atoms with van der Waals surface area (Å²) in [5.41, 5.74) is 6.91. The van der Waals surface area contributed by atoms with Gasteiger partial charge in [-0.2, -0.15) is 0 Å². The second-order valence-electron chi connectivity index (χ2n) is 5.29. The quantitative estimate of drug-likeness (QED) is 0.933. The van der Waals surface area contributed by atoms with Crippen LogP contribution in [0.25, 0.3) is 0 Å². The lowest BCUT2D eigenvalue weighted by molar-refractivity contribution is 0.0785. The summed E-state index contributed by atoms with van der Waals surface area (Å²) in [6.45, 7) is 0.629. The average molecular weight is 312 g/mol. The molecule has 1 heterocycles. The molecule has 0 saturated heterocycles. The van der Waals surface area contributed by atoms with Crippen LogP contribution in [0, 0.1) is 0 Å². The molecule has 2 N–H and O–H groups in total. The number of nitrogens with two attached hydrogens (primary N) is 1. The zero-order valence-corrected chi connectivity index (χ0v) is 12.6. The lowest BCUT2D eigenvalue weighted by Gasteiger charge is -2.18. The molecule has 0 bridgehead atoms. The van der Waals surface area contributed by atoms with E-state index in [1.807, 2.05) is 18.2 Å². The van der Waals surface area contributed by atoms with Crippen LogP contribution in [-0.4, -0.2) is 30.6 Å². The highest BCUT2D eigenvalue weighted by Crippen LogP contribution is 2.32. The summed E-state index contributed by atoms with van der Waals surface area (Å²) in [5.74, 6) is 0.639. The molecule has 0 fully saturated rings. The van der Waals surface area contributed by atoms with Crippen molar-refractivity contribution in [2.75, 3.05) is 13.8 Å². The Balaban J connectivity index is 1.75. The number of benzene rings is 2. The van der Waals surface area contributed by atoms with Crippen LogP contribution in [0.1, 0.15) is 26.3 Å². The minimum absolute atomic E-state index is 0.189. The van der Waals surface area contributed by atoms with Gasteiger partial charge >= 0.3 is 0 Å². The van der Waals surface area contributed by atoms with E-state index in [0.717, 1.165) is 5.56 Å². The summed E-state index contributed by atoms with van der Waals surface area (Å²) in [6.07, 6.45) is 0. The highest BCUT2D eigenvalue weighted by atomic mass is 16.7. The molecular weight excluding hydrogens is 296 g/mol. The van der Waals surface area contributed by atoms with Crippen molar-refractivity contribution in [1.82, 2.24) is 4.90 Å². The monoisotopic (exact) mass is 312 g/mol. The van der Waals surface area contributed by atoms with Gasteiger partial charge < -0.3 is 20.1 Å². The van der Waals surface area contributed by atoms with E-state index >= 15 is 0 Å². The van der Waals surface area contributed by atoms with Crippen LogP contribution in [0.5, 0.6) is 11.5 Å². The van der Waals surface area contributed by atoms with Gasteiger partial charge in [-0.3, -0.25) is 9.59 Å². The van der Waals surface area contributed by atoms with E-state index in [1.165, 1.54) is 6.07 Å². The number of ether oxygens (including phenoxy) is 2. The van der Waals surface area contributed by atoms with Crippen molar-refractivity contribution in [2.45, 2.75) is 6.54 Å². The van der Waals surface area contributed by atoms with Crippen LogP contribution in [0.15, 0.2) is 42.5 Å². The van der Waals surface area contributed by atoms with Crippen molar-refractivity contribution in [2.24, 2.45) is 5.73 Å². The maximum Gasteiger partial charge on any atom is 0.253 e. The lowest BCUT2D eigenvalue weighted by atomic mass is 10.1. The number of primary amides is 1. The number of hydrogen-bond donors (Lipinski definition) is 1. The Labute approximate surface area is 133 Å². The highest BCUT2D eigenvalue weighted by molar-refractivity contribution is 5.98. The molecule has 118 valence electrons. The molecule has 0 spiro atoms. The standard InChI is InChI=1S/C17H16N2O4/c1-19(9-11-5-6-14-15(7-11)23-10-22-14)17(21)13-4-2-3-12(8-13)16(18)20/h2-8H,9-10H2,1H3,(H2,18,20). The number of carbonyl (C=O) groups excluding carboxylic acids is 2. The van der Waals surface area contributed by atoms with Gasteiger partial charge in [0.05, 0.1) is 0 Å². The van der Waals surface area contributed by atoms with Gasteiger partial charge in [0.1, 0.15) is 0 Å². The molecule has 23 heavy (non-hydrogen) atoms. The number of nitrogens with zero attached hydrogens (tertiary/aromatic N) is 1. The summed E-state index contributed by atoms with van der Waals surface area (Å²) in [6, 6.07) is 11.9. The summed E-state index contributed by atoms with van der Waals surface area (Å²) in [4.78, 5) is 25.3. The molecule has 0 atom stereocenters. The number of carbonyl (C=O) groups is 2. The Morgan fingerprint density at radius 3 is 2.61 bits per heavy atom. The summed E-state index contributed by atoms with van der Waals surface area (Å²) >= 11 is 0. The van der Waals surface area contributed by atoms with E-state index in [2.05, 4.69) is 0 Å². The second-order valence-corrected chi connectivity index (χ2v) is 5.29. The summed E-state index contributed by atoms with van der Waals surface area (Å²) in [7, 11) is 1.70. The van der Waals surface area contributed by atoms with Crippen molar-refractivity contribution >= 4 is 11.8 Å². The van der Waals surface area contributed by atoms with Gasteiger partial charge in [0.25, 0.3) is 5.91 Å². The molecule has 6 heteroatoms. The molecule has 1 aliphatic rings. The number of rotatable bonds is 4. The number of hydrogen-bond acceptors (Lipinski definition) is 4. The molecule has 0 aliphatic carbocycles. The van der Waals surface area contributed by atoms with E-state index < -0.39 is 5.91 Å². The molecule has 2 aromatic rings. The Morgan fingerprint density at radius 1 is 1.09 bits per heavy atom. The van der Waals surface area contributed by atoms with Gasteiger partial charge in [-0.25, -0.2) is 0 Å². The predicted molar refractivity (Wildman–Crippen MR) is 83.3 cm³/mol. The molecule has 0 unspecified atom stereocenters. The fourth-order valence-corrected chi connectivity index (χ4v) is 2.41. The van der Waals surface area contributed by atoms with Gasteiger partial charge in [-0.05, 0) is 35.9 Å². The minimum Gasteiger partial charge on any atom is -0.454 e. The zero-order chi connectivity index (χ0) is 16.4. The molecule has 1 aliphatic heterocycles. The van der Waals surface area contributed by atoms with E-state index in [0.29, 0.717) is 29.2 Å². The summed E-state index contributed by atoms with van der Waals surface area (Å²) in [5, 5.41) is 0. The topological polar surface area (TPSA) is 81.9 Å². The Morgan fingerprint density at radius 2 is 1.83 bits per heavy atom. The van der Waals surface area contributed by atoms with E-state index in [9.17, 15) is 9.59 Å². The van der Waals surface area contributed by atoms with Crippen LogP contribution < -0.4 is 15.2 Å². The smallest absolute Gasteiger partial charge is 0.253 e. The van der Waals surface area contributed by atoms with Crippen LogP contribution in [-0.2, 0) is 6.54 Å². The van der Waals surface area contributed by atoms with Crippen LogP contribution in [0.4, 0.5) is 0 Å². The molecule has 0 aromatic heterocycles. The molecule has 0 saturated carbocycles. The SMILES string of the molecule is CN(Cc1ccc2c(c1)OCO2)C(=O)c1cccc(C(N)=O)c1. The van der Waals surface area contributed by atoms with Crippen molar-refractivity contribution in [1.29, 1.82) is 0 Å². The normalized spacial score (nSPS) is 12.0. The Hall–Kier alpha value is -3.02. The minimum atomic E-state index is -0.557. The van der Waals surface area contributed by atoms with E-state index in [4.69, 9.17) is 15.2 Å². The Bertz CT molecular complexity index is 773. The van der Waals surface area contributed by atoms with Crippen LogP contribution >= 0.6 is 0 Å². The largest absolute Gasteiger partial charge is 0.454 e. The predicted octanol–water partition coefficient (Wildman–Crippen LogP) is 1.79. The zero-order valence-electron chi connectivity index (χ0n) is 12.6. The van der Waals surface area contributed by atoms with E-state index in [1.54, 1.807) is 30.1 Å². The van der Waals surface area contributed by atoms with Crippen molar-refractivity contribution in [3.8, 4) is 11.5 Å². The first-order valence-electron chi connectivity index (χ1n) is 7.08. The van der Waals surface area contributed by atoms with Crippen molar-refractivity contribution in [3.05, 3.63) is 59.2 Å². The third-order valence-electron chi connectivity index (χ3n) is 3.60. The molecule has 2 amide bonds. The number of amides is 2. The molecular formula is C17H16N2O4. The third-order valence-corrected chi connectivity index (χ3v) is 3.60. The maximum absolute atomic E-state index is 12.5. The van der Waals surface area contributed by atoms with Gasteiger partial charge in [-0.1, -0.05) is 12.1 Å².